The van der Waals surface area contributed by atoms with Crippen molar-refractivity contribution in [3.05, 3.63) is 30.5 Å². The average Bonchev–Trinajstić information content (AvgIpc) is 2.88. The number of amides is 2. The summed E-state index contributed by atoms with van der Waals surface area (Å²) in [5.74, 6) is 1.31. The zero-order valence-electron chi connectivity index (χ0n) is 13.4. The first-order valence-corrected chi connectivity index (χ1v) is 7.28. The van der Waals surface area contributed by atoms with Gasteiger partial charge in [0.2, 0.25) is 5.95 Å². The van der Waals surface area contributed by atoms with E-state index < -0.39 is 0 Å². The van der Waals surface area contributed by atoms with Crippen molar-refractivity contribution in [1.29, 1.82) is 0 Å². The molecule has 1 atom stereocenters. The van der Waals surface area contributed by atoms with Crippen LogP contribution in [0.5, 0.6) is 5.75 Å². The Morgan fingerprint density at radius 1 is 1.36 bits per heavy atom. The Balaban J connectivity index is 2.13. The van der Waals surface area contributed by atoms with Crippen LogP contribution in [0, 0.1) is 0 Å². The van der Waals surface area contributed by atoms with Crippen molar-refractivity contribution in [2.75, 3.05) is 12.4 Å². The number of nitrogens with one attached hydrogen (secondary N) is 2. The fraction of sp³-hybridized carbons (Fsp3) is 0.375. The van der Waals surface area contributed by atoms with Crippen LogP contribution in [0.1, 0.15) is 20.3 Å². The number of benzene rings is 1. The van der Waals surface area contributed by atoms with E-state index in [0.29, 0.717) is 5.95 Å². The SMILES string of the molecule is CCC(C)NC(=O)Nc1ncc(-c2ccc(OC)cc2)n1C. The van der Waals surface area contributed by atoms with Crippen LogP contribution in [-0.4, -0.2) is 28.7 Å². The van der Waals surface area contributed by atoms with Gasteiger partial charge in [0.15, 0.2) is 0 Å². The summed E-state index contributed by atoms with van der Waals surface area (Å²) in [6.45, 7) is 3.98. The summed E-state index contributed by atoms with van der Waals surface area (Å²) < 4.78 is 7.00. The molecule has 2 aromatic rings. The van der Waals surface area contributed by atoms with Crippen molar-refractivity contribution in [3.8, 4) is 17.0 Å². The minimum Gasteiger partial charge on any atom is -0.497 e. The van der Waals surface area contributed by atoms with E-state index in [2.05, 4.69) is 15.6 Å². The molecule has 1 heterocycles. The number of carbonyl (C=O) groups excluding carboxylic acids is 1. The average molecular weight is 302 g/mol. The standard InChI is InChI=1S/C16H22N4O2/c1-5-11(2)18-16(21)19-15-17-10-14(20(15)3)12-6-8-13(22-4)9-7-12/h6-11H,5H2,1-4H3,(H2,17,18,19,21). The van der Waals surface area contributed by atoms with Gasteiger partial charge in [-0.1, -0.05) is 6.92 Å². The molecule has 2 N–H and O–H groups in total. The van der Waals surface area contributed by atoms with Crippen LogP contribution in [0.25, 0.3) is 11.3 Å². The number of hydrogen-bond donors (Lipinski definition) is 2. The molecule has 0 saturated heterocycles. The van der Waals surface area contributed by atoms with Gasteiger partial charge in [-0.05, 0) is 37.6 Å². The maximum atomic E-state index is 11.9. The first kappa shape index (κ1) is 15.9. The minimum absolute atomic E-state index is 0.126. The van der Waals surface area contributed by atoms with Gasteiger partial charge in [-0.15, -0.1) is 0 Å². The highest BCUT2D eigenvalue weighted by molar-refractivity contribution is 5.88. The summed E-state index contributed by atoms with van der Waals surface area (Å²) >= 11 is 0. The smallest absolute Gasteiger partial charge is 0.321 e. The van der Waals surface area contributed by atoms with Crippen LogP contribution < -0.4 is 15.4 Å². The molecule has 0 aliphatic carbocycles. The van der Waals surface area contributed by atoms with E-state index in [1.54, 1.807) is 13.3 Å². The van der Waals surface area contributed by atoms with Crippen molar-refractivity contribution in [3.63, 3.8) is 0 Å². The summed E-state index contributed by atoms with van der Waals surface area (Å²) in [6.07, 6.45) is 2.62. The van der Waals surface area contributed by atoms with Gasteiger partial charge in [-0.2, -0.15) is 0 Å². The van der Waals surface area contributed by atoms with Crippen molar-refractivity contribution in [2.45, 2.75) is 26.3 Å². The molecule has 2 amide bonds. The lowest BCUT2D eigenvalue weighted by Gasteiger charge is -2.12. The second-order valence-electron chi connectivity index (χ2n) is 5.16. The first-order chi connectivity index (χ1) is 10.5. The summed E-state index contributed by atoms with van der Waals surface area (Å²) in [7, 11) is 3.50. The molecule has 6 heteroatoms. The topological polar surface area (TPSA) is 68.2 Å². The number of imidazole rings is 1. The molecule has 0 spiro atoms. The largest absolute Gasteiger partial charge is 0.497 e. The third-order valence-corrected chi connectivity index (χ3v) is 3.59. The number of nitrogens with zero attached hydrogens (tertiary/aromatic N) is 2. The first-order valence-electron chi connectivity index (χ1n) is 7.28. The van der Waals surface area contributed by atoms with E-state index in [4.69, 9.17) is 4.74 Å². The third-order valence-electron chi connectivity index (χ3n) is 3.59. The van der Waals surface area contributed by atoms with E-state index in [1.807, 2.05) is 49.7 Å². The monoisotopic (exact) mass is 302 g/mol. The van der Waals surface area contributed by atoms with Crippen LogP contribution in [0.3, 0.4) is 0 Å². The van der Waals surface area contributed by atoms with E-state index in [-0.39, 0.29) is 12.1 Å². The maximum Gasteiger partial charge on any atom is 0.321 e. The van der Waals surface area contributed by atoms with Crippen LogP contribution in [-0.2, 0) is 7.05 Å². The number of aromatic nitrogens is 2. The lowest BCUT2D eigenvalue weighted by atomic mass is 10.1. The summed E-state index contributed by atoms with van der Waals surface area (Å²) in [4.78, 5) is 16.1. The summed E-state index contributed by atoms with van der Waals surface area (Å²) in [5, 5.41) is 5.61. The molecule has 1 unspecified atom stereocenters. The Hall–Kier alpha value is -2.50. The molecule has 118 valence electrons. The second-order valence-corrected chi connectivity index (χ2v) is 5.16. The van der Waals surface area contributed by atoms with Gasteiger partial charge >= 0.3 is 6.03 Å². The Kier molecular flexibility index (Phi) is 5.04. The van der Waals surface area contributed by atoms with Crippen LogP contribution in [0.4, 0.5) is 10.7 Å². The third kappa shape index (κ3) is 3.58. The molecule has 0 fully saturated rings. The minimum atomic E-state index is -0.246. The highest BCUT2D eigenvalue weighted by atomic mass is 16.5. The number of rotatable bonds is 5. The number of ether oxygens (including phenoxy) is 1. The fourth-order valence-electron chi connectivity index (χ4n) is 2.02. The molecule has 0 saturated carbocycles. The summed E-state index contributed by atoms with van der Waals surface area (Å²) in [6, 6.07) is 7.58. The van der Waals surface area contributed by atoms with E-state index in [0.717, 1.165) is 23.4 Å². The molecule has 1 aromatic heterocycles. The number of hydrogen-bond acceptors (Lipinski definition) is 3. The van der Waals surface area contributed by atoms with Gasteiger partial charge in [0, 0.05) is 18.7 Å². The highest BCUT2D eigenvalue weighted by Gasteiger charge is 2.12. The zero-order chi connectivity index (χ0) is 16.1. The van der Waals surface area contributed by atoms with Crippen molar-refractivity contribution in [1.82, 2.24) is 14.9 Å². The van der Waals surface area contributed by atoms with E-state index in [9.17, 15) is 4.79 Å². The number of anilines is 1. The lowest BCUT2D eigenvalue weighted by Crippen LogP contribution is -2.36. The van der Waals surface area contributed by atoms with E-state index >= 15 is 0 Å². The Morgan fingerprint density at radius 2 is 2.05 bits per heavy atom. The van der Waals surface area contributed by atoms with Gasteiger partial charge in [0.1, 0.15) is 5.75 Å². The number of methoxy groups -OCH3 is 1. The Labute approximate surface area is 130 Å². The molecule has 22 heavy (non-hydrogen) atoms. The zero-order valence-corrected chi connectivity index (χ0v) is 13.4. The van der Waals surface area contributed by atoms with Crippen molar-refractivity contribution >= 4 is 12.0 Å². The molecule has 0 aliphatic rings. The molecule has 0 radical (unpaired) electrons. The number of urea groups is 1. The predicted molar refractivity (Wildman–Crippen MR) is 87.1 cm³/mol. The molecular weight excluding hydrogens is 280 g/mol. The molecular formula is C16H22N4O2. The van der Waals surface area contributed by atoms with Crippen LogP contribution >= 0.6 is 0 Å². The van der Waals surface area contributed by atoms with Crippen LogP contribution in [0.15, 0.2) is 30.5 Å². The Morgan fingerprint density at radius 3 is 2.64 bits per heavy atom. The van der Waals surface area contributed by atoms with Gasteiger partial charge in [-0.3, -0.25) is 5.32 Å². The van der Waals surface area contributed by atoms with Gasteiger partial charge in [0.25, 0.3) is 0 Å². The predicted octanol–water partition coefficient (Wildman–Crippen LogP) is 3.02. The van der Waals surface area contributed by atoms with Gasteiger partial charge in [-0.25, -0.2) is 9.78 Å². The lowest BCUT2D eigenvalue weighted by molar-refractivity contribution is 0.248. The quantitative estimate of drug-likeness (QED) is 0.892. The Bertz CT molecular complexity index is 634. The van der Waals surface area contributed by atoms with Gasteiger partial charge in [0.05, 0.1) is 19.0 Å². The maximum absolute atomic E-state index is 11.9. The van der Waals surface area contributed by atoms with E-state index in [1.165, 1.54) is 0 Å². The van der Waals surface area contributed by atoms with Crippen LogP contribution in [0.2, 0.25) is 0 Å². The molecule has 6 nitrogen and oxygen atoms in total. The molecule has 1 aromatic carbocycles. The van der Waals surface area contributed by atoms with Gasteiger partial charge < -0.3 is 14.6 Å². The fourth-order valence-corrected chi connectivity index (χ4v) is 2.02. The second kappa shape index (κ2) is 6.98. The summed E-state index contributed by atoms with van der Waals surface area (Å²) in [5.41, 5.74) is 1.92. The highest BCUT2D eigenvalue weighted by Crippen LogP contribution is 2.24. The van der Waals surface area contributed by atoms with Crippen molar-refractivity contribution < 1.29 is 9.53 Å². The number of carbonyl (C=O) groups is 1. The molecule has 0 aliphatic heterocycles. The molecule has 2 rings (SSSR count). The molecule has 0 bridgehead atoms. The normalized spacial score (nSPS) is 11.8. The van der Waals surface area contributed by atoms with Crippen molar-refractivity contribution in [2.24, 2.45) is 7.05 Å².